The molecule has 4 aromatic rings. The second-order valence-corrected chi connectivity index (χ2v) is 8.88. The normalized spacial score (nSPS) is 16.8. The number of Topliss-reactive ketones (excluding diaryl/α,β-unsaturated/α-hetero) is 1. The molecule has 37 heavy (non-hydrogen) atoms. The minimum atomic E-state index is -0.870. The number of aliphatic hydroxyl groups excluding tert-OH is 1. The second-order valence-electron chi connectivity index (χ2n) is 8.88. The number of fused-ring (bicyclic) bond motifs is 1. The Morgan fingerprint density at radius 2 is 1.68 bits per heavy atom. The van der Waals surface area contributed by atoms with Crippen molar-refractivity contribution in [2.24, 2.45) is 0 Å². The number of ether oxygens (including phenoxy) is 2. The average Bonchev–Trinajstić information content (AvgIpc) is 3.18. The van der Waals surface area contributed by atoms with E-state index in [1.165, 1.54) is 4.90 Å². The van der Waals surface area contributed by atoms with E-state index >= 15 is 0 Å². The molecule has 186 valence electrons. The molecule has 5 rings (SSSR count). The van der Waals surface area contributed by atoms with Gasteiger partial charge in [-0.1, -0.05) is 60.7 Å². The maximum Gasteiger partial charge on any atom is 0.300 e. The van der Waals surface area contributed by atoms with Crippen LogP contribution in [0, 0.1) is 6.92 Å². The van der Waals surface area contributed by atoms with Gasteiger partial charge in [-0.2, -0.15) is 0 Å². The highest BCUT2D eigenvalue weighted by molar-refractivity contribution is 6.51. The van der Waals surface area contributed by atoms with E-state index < -0.39 is 17.7 Å². The Morgan fingerprint density at radius 3 is 2.43 bits per heavy atom. The summed E-state index contributed by atoms with van der Waals surface area (Å²) in [6.07, 6.45) is 0. The van der Waals surface area contributed by atoms with Gasteiger partial charge in [-0.25, -0.2) is 0 Å². The summed E-state index contributed by atoms with van der Waals surface area (Å²) in [5, 5.41) is 13.4. The van der Waals surface area contributed by atoms with Gasteiger partial charge in [-0.05, 0) is 60.0 Å². The molecule has 0 saturated carbocycles. The summed E-state index contributed by atoms with van der Waals surface area (Å²) in [7, 11) is 1.55. The molecule has 1 N–H and O–H groups in total. The molecule has 1 atom stereocenters. The first kappa shape index (κ1) is 24.1. The molecular weight excluding hydrogens is 466 g/mol. The van der Waals surface area contributed by atoms with E-state index in [1.54, 1.807) is 37.4 Å². The summed E-state index contributed by atoms with van der Waals surface area (Å²) >= 11 is 0. The van der Waals surface area contributed by atoms with E-state index in [2.05, 4.69) is 0 Å². The zero-order valence-corrected chi connectivity index (χ0v) is 20.9. The van der Waals surface area contributed by atoms with Gasteiger partial charge in [0.25, 0.3) is 11.7 Å². The van der Waals surface area contributed by atoms with Crippen LogP contribution in [0.25, 0.3) is 16.5 Å². The van der Waals surface area contributed by atoms with Crippen molar-refractivity contribution in [2.75, 3.05) is 18.6 Å². The number of carbonyl (C=O) groups excluding carboxylic acids is 2. The number of anilines is 1. The van der Waals surface area contributed by atoms with Crippen molar-refractivity contribution < 1.29 is 24.2 Å². The van der Waals surface area contributed by atoms with Crippen molar-refractivity contribution >= 4 is 33.9 Å². The predicted molar refractivity (Wildman–Crippen MR) is 144 cm³/mol. The van der Waals surface area contributed by atoms with Crippen LogP contribution in [-0.4, -0.2) is 30.5 Å². The van der Waals surface area contributed by atoms with E-state index in [0.717, 1.165) is 16.3 Å². The van der Waals surface area contributed by atoms with Gasteiger partial charge >= 0.3 is 0 Å². The number of carbonyl (C=O) groups is 2. The number of nitrogens with zero attached hydrogens (tertiary/aromatic N) is 1. The van der Waals surface area contributed by atoms with Crippen molar-refractivity contribution in [3.05, 3.63) is 107 Å². The van der Waals surface area contributed by atoms with Crippen molar-refractivity contribution in [1.29, 1.82) is 0 Å². The number of aliphatic hydroxyl groups is 1. The van der Waals surface area contributed by atoms with Crippen LogP contribution in [-0.2, 0) is 9.59 Å². The second kappa shape index (κ2) is 9.82. The summed E-state index contributed by atoms with van der Waals surface area (Å²) in [6, 6.07) is 25.0. The van der Waals surface area contributed by atoms with Crippen LogP contribution in [0.2, 0.25) is 0 Å². The third kappa shape index (κ3) is 4.20. The summed E-state index contributed by atoms with van der Waals surface area (Å²) in [5.74, 6) is -0.643. The fourth-order valence-electron chi connectivity index (χ4n) is 4.90. The molecule has 1 aliphatic rings. The standard InChI is InChI=1S/C31H27NO5/c1-4-37-26-18-21(15-16-25(26)36-3)28-27(29(33)24-14-8-11-20-10-5-6-13-23(20)24)30(34)31(35)32(28)22-12-7-9-19(2)17-22/h5-18,28,33H,4H2,1-3H3/b29-27+. The zero-order chi connectivity index (χ0) is 26.1. The Kier molecular flexibility index (Phi) is 6.40. The van der Waals surface area contributed by atoms with Crippen LogP contribution < -0.4 is 14.4 Å². The van der Waals surface area contributed by atoms with Crippen LogP contribution >= 0.6 is 0 Å². The Morgan fingerprint density at radius 1 is 0.919 bits per heavy atom. The minimum Gasteiger partial charge on any atom is -0.507 e. The Labute approximate surface area is 215 Å². The van der Waals surface area contributed by atoms with E-state index in [9.17, 15) is 14.7 Å². The molecule has 1 aliphatic heterocycles. The number of benzene rings is 4. The molecule has 0 radical (unpaired) electrons. The first-order chi connectivity index (χ1) is 17.9. The van der Waals surface area contributed by atoms with Gasteiger partial charge in [-0.15, -0.1) is 0 Å². The highest BCUT2D eigenvalue weighted by Gasteiger charge is 2.47. The van der Waals surface area contributed by atoms with Crippen molar-refractivity contribution in [3.8, 4) is 11.5 Å². The molecule has 6 heteroatoms. The first-order valence-electron chi connectivity index (χ1n) is 12.1. The predicted octanol–water partition coefficient (Wildman–Crippen LogP) is 6.18. The first-order valence-corrected chi connectivity index (χ1v) is 12.1. The lowest BCUT2D eigenvalue weighted by atomic mass is 9.93. The largest absolute Gasteiger partial charge is 0.507 e. The SMILES string of the molecule is CCOc1cc(C2/C(=C(\O)c3cccc4ccccc34)C(=O)C(=O)N2c2cccc(C)c2)ccc1OC. The van der Waals surface area contributed by atoms with Crippen LogP contribution in [0.1, 0.15) is 29.7 Å². The number of amides is 1. The highest BCUT2D eigenvalue weighted by Crippen LogP contribution is 2.44. The number of hydrogen-bond acceptors (Lipinski definition) is 5. The van der Waals surface area contributed by atoms with E-state index in [-0.39, 0.29) is 11.3 Å². The molecule has 0 aromatic heterocycles. The van der Waals surface area contributed by atoms with Gasteiger partial charge in [0, 0.05) is 11.3 Å². The maximum atomic E-state index is 13.6. The zero-order valence-electron chi connectivity index (χ0n) is 20.9. The van der Waals surface area contributed by atoms with Gasteiger partial charge < -0.3 is 14.6 Å². The summed E-state index contributed by atoms with van der Waals surface area (Å²) < 4.78 is 11.2. The molecule has 1 saturated heterocycles. The van der Waals surface area contributed by atoms with E-state index in [1.807, 2.05) is 68.4 Å². The van der Waals surface area contributed by atoms with E-state index in [4.69, 9.17) is 9.47 Å². The molecule has 1 amide bonds. The topological polar surface area (TPSA) is 76.1 Å². The van der Waals surface area contributed by atoms with Crippen LogP contribution in [0.5, 0.6) is 11.5 Å². The lowest BCUT2D eigenvalue weighted by Crippen LogP contribution is -2.29. The van der Waals surface area contributed by atoms with Gasteiger partial charge in [-0.3, -0.25) is 14.5 Å². The van der Waals surface area contributed by atoms with Crippen molar-refractivity contribution in [2.45, 2.75) is 19.9 Å². The molecule has 4 aromatic carbocycles. The molecule has 0 spiro atoms. The van der Waals surface area contributed by atoms with E-state index in [0.29, 0.717) is 34.9 Å². The summed E-state index contributed by atoms with van der Waals surface area (Å²) in [5.41, 5.74) is 2.64. The highest BCUT2D eigenvalue weighted by atomic mass is 16.5. The molecule has 0 bridgehead atoms. The van der Waals surface area contributed by atoms with Gasteiger partial charge in [0.05, 0.1) is 25.3 Å². The number of rotatable bonds is 6. The Balaban J connectivity index is 1.78. The Bertz CT molecular complexity index is 1550. The third-order valence-electron chi connectivity index (χ3n) is 6.57. The third-order valence-corrected chi connectivity index (χ3v) is 6.57. The van der Waals surface area contributed by atoms with Crippen molar-refractivity contribution in [1.82, 2.24) is 0 Å². The molecule has 6 nitrogen and oxygen atoms in total. The molecule has 1 unspecified atom stereocenters. The van der Waals surface area contributed by atoms with Gasteiger partial charge in [0.1, 0.15) is 5.76 Å². The lowest BCUT2D eigenvalue weighted by molar-refractivity contribution is -0.132. The van der Waals surface area contributed by atoms with Gasteiger partial charge in [0.15, 0.2) is 11.5 Å². The number of aryl methyl sites for hydroxylation is 1. The summed E-state index contributed by atoms with van der Waals surface area (Å²) in [4.78, 5) is 28.5. The summed E-state index contributed by atoms with van der Waals surface area (Å²) in [6.45, 7) is 4.20. The molecule has 1 heterocycles. The van der Waals surface area contributed by atoms with Crippen molar-refractivity contribution in [3.63, 3.8) is 0 Å². The molecular formula is C31H27NO5. The van der Waals surface area contributed by atoms with Crippen LogP contribution in [0.4, 0.5) is 5.69 Å². The quantitative estimate of drug-likeness (QED) is 0.197. The van der Waals surface area contributed by atoms with Gasteiger partial charge in [0.2, 0.25) is 0 Å². The van der Waals surface area contributed by atoms with Crippen LogP contribution in [0.3, 0.4) is 0 Å². The lowest BCUT2D eigenvalue weighted by Gasteiger charge is -2.26. The molecule has 1 fully saturated rings. The smallest absolute Gasteiger partial charge is 0.300 e. The number of methoxy groups -OCH3 is 1. The Hall–Kier alpha value is -4.58. The minimum absolute atomic E-state index is 0.0236. The maximum absolute atomic E-state index is 13.6. The number of hydrogen-bond donors (Lipinski definition) is 1. The fourth-order valence-corrected chi connectivity index (χ4v) is 4.90. The molecule has 0 aliphatic carbocycles. The monoisotopic (exact) mass is 493 g/mol. The average molecular weight is 494 g/mol. The van der Waals surface area contributed by atoms with Crippen LogP contribution in [0.15, 0.2) is 90.5 Å². The fraction of sp³-hybridized carbons (Fsp3) is 0.161. The number of ketones is 1.